The van der Waals surface area contributed by atoms with Gasteiger partial charge in [0.1, 0.15) is 0 Å². The van der Waals surface area contributed by atoms with Gasteiger partial charge in [-0.25, -0.2) is 0 Å². The Morgan fingerprint density at radius 2 is 1.52 bits per heavy atom. The predicted octanol–water partition coefficient (Wildman–Crippen LogP) is 3.87. The summed E-state index contributed by atoms with van der Waals surface area (Å²) in [6.07, 6.45) is -7.69. The minimum Gasteiger partial charge on any atom is -0.421 e. The van der Waals surface area contributed by atoms with E-state index in [9.17, 15) is 17.6 Å². The molecule has 1 saturated heterocycles. The number of piperidine rings is 1. The van der Waals surface area contributed by atoms with Gasteiger partial charge in [0.05, 0.1) is 0 Å². The van der Waals surface area contributed by atoms with Gasteiger partial charge in [0.2, 0.25) is 0 Å². The van der Waals surface area contributed by atoms with Gasteiger partial charge >= 0.3 is 12.2 Å². The second-order valence-electron chi connectivity index (χ2n) is 5.08. The number of halogens is 5. The number of hydrogen-bond donors (Lipinski definition) is 1. The molecule has 116 valence electrons. The molecule has 1 fully saturated rings. The standard InChI is InChI=1S/C13H12BrF4NO2/c14-9-6-11-10(20-12(15,16)13(17,18)21-11)5-8(9)7-1-3-19-4-2-7/h5-7,19H,1-4H2. The largest absolute Gasteiger partial charge is 0.507 e. The van der Waals surface area contributed by atoms with Gasteiger partial charge in [0.15, 0.2) is 11.5 Å². The van der Waals surface area contributed by atoms with E-state index in [-0.39, 0.29) is 11.7 Å². The molecule has 1 aromatic carbocycles. The van der Waals surface area contributed by atoms with Crippen LogP contribution in [-0.2, 0) is 0 Å². The average molecular weight is 370 g/mol. The summed E-state index contributed by atoms with van der Waals surface area (Å²) >= 11 is 3.29. The maximum absolute atomic E-state index is 13.2. The number of fused-ring (bicyclic) bond motifs is 1. The van der Waals surface area contributed by atoms with Gasteiger partial charge < -0.3 is 14.8 Å². The molecule has 21 heavy (non-hydrogen) atoms. The van der Waals surface area contributed by atoms with Crippen LogP contribution in [0.1, 0.15) is 24.3 Å². The van der Waals surface area contributed by atoms with E-state index in [0.29, 0.717) is 4.47 Å². The summed E-state index contributed by atoms with van der Waals surface area (Å²) in [5.74, 6) is -0.594. The van der Waals surface area contributed by atoms with Gasteiger partial charge in [-0.05, 0) is 49.5 Å². The Kier molecular flexibility index (Phi) is 3.56. The van der Waals surface area contributed by atoms with E-state index in [2.05, 4.69) is 30.7 Å². The summed E-state index contributed by atoms with van der Waals surface area (Å²) in [4.78, 5) is 0. The smallest absolute Gasteiger partial charge is 0.421 e. The maximum atomic E-state index is 13.2. The average Bonchev–Trinajstić information content (AvgIpc) is 2.41. The number of ether oxygens (including phenoxy) is 2. The predicted molar refractivity (Wildman–Crippen MR) is 70.1 cm³/mol. The van der Waals surface area contributed by atoms with Gasteiger partial charge in [-0.1, -0.05) is 15.9 Å². The van der Waals surface area contributed by atoms with Crippen LogP contribution < -0.4 is 14.8 Å². The first kappa shape index (κ1) is 14.9. The van der Waals surface area contributed by atoms with Crippen LogP contribution in [-0.4, -0.2) is 25.3 Å². The fourth-order valence-corrected chi connectivity index (χ4v) is 3.20. The summed E-state index contributed by atoms with van der Waals surface area (Å²) < 4.78 is 61.5. The molecule has 3 rings (SSSR count). The van der Waals surface area contributed by atoms with Crippen molar-refractivity contribution < 1.29 is 27.0 Å². The van der Waals surface area contributed by atoms with Gasteiger partial charge in [-0.3, -0.25) is 0 Å². The van der Waals surface area contributed by atoms with Crippen molar-refractivity contribution in [1.82, 2.24) is 5.32 Å². The molecule has 2 aliphatic rings. The molecule has 0 unspecified atom stereocenters. The topological polar surface area (TPSA) is 30.5 Å². The molecule has 0 aromatic heterocycles. The van der Waals surface area contributed by atoms with Gasteiger partial charge in [0.25, 0.3) is 0 Å². The van der Waals surface area contributed by atoms with Crippen LogP contribution in [0.3, 0.4) is 0 Å². The summed E-state index contributed by atoms with van der Waals surface area (Å²) in [5.41, 5.74) is 0.764. The quantitative estimate of drug-likeness (QED) is 0.762. The number of benzene rings is 1. The lowest BCUT2D eigenvalue weighted by Crippen LogP contribution is -2.52. The van der Waals surface area contributed by atoms with Crippen LogP contribution in [0.5, 0.6) is 11.5 Å². The number of alkyl halides is 4. The van der Waals surface area contributed by atoms with E-state index in [1.54, 1.807) is 0 Å². The molecule has 1 aromatic rings. The summed E-state index contributed by atoms with van der Waals surface area (Å²) in [7, 11) is 0. The minimum atomic E-state index is -4.68. The van der Waals surface area contributed by atoms with Gasteiger partial charge in [-0.15, -0.1) is 0 Å². The molecule has 0 amide bonds. The molecule has 8 heteroatoms. The van der Waals surface area contributed by atoms with Crippen molar-refractivity contribution in [2.24, 2.45) is 0 Å². The second kappa shape index (κ2) is 5.01. The molecule has 3 nitrogen and oxygen atoms in total. The van der Waals surface area contributed by atoms with Crippen molar-refractivity contribution in [1.29, 1.82) is 0 Å². The highest BCUT2D eigenvalue weighted by molar-refractivity contribution is 9.10. The first-order chi connectivity index (χ1) is 9.80. The Morgan fingerprint density at radius 1 is 1.00 bits per heavy atom. The summed E-state index contributed by atoms with van der Waals surface area (Å²) in [6.45, 7) is 1.64. The molecule has 0 saturated carbocycles. The Bertz CT molecular complexity index is 561. The SMILES string of the molecule is FC1(F)Oc2cc(Br)c(C3CCNCC3)cc2OC1(F)F. The molecule has 2 heterocycles. The lowest BCUT2D eigenvalue weighted by Gasteiger charge is -2.33. The third-order valence-corrected chi connectivity index (χ3v) is 4.34. The first-order valence-electron chi connectivity index (χ1n) is 6.48. The molecule has 0 radical (unpaired) electrons. The van der Waals surface area contributed by atoms with E-state index < -0.39 is 18.0 Å². The van der Waals surface area contributed by atoms with E-state index >= 15 is 0 Å². The van der Waals surface area contributed by atoms with E-state index in [1.165, 1.54) is 12.1 Å². The highest BCUT2D eigenvalue weighted by atomic mass is 79.9. The number of nitrogens with one attached hydrogen (secondary N) is 1. The zero-order valence-electron chi connectivity index (χ0n) is 10.8. The van der Waals surface area contributed by atoms with Crippen molar-refractivity contribution in [2.45, 2.75) is 31.0 Å². The highest BCUT2D eigenvalue weighted by Crippen LogP contribution is 2.49. The van der Waals surface area contributed by atoms with Crippen molar-refractivity contribution in [3.05, 3.63) is 22.2 Å². The molecule has 2 aliphatic heterocycles. The van der Waals surface area contributed by atoms with Crippen LogP contribution >= 0.6 is 15.9 Å². The molecule has 0 atom stereocenters. The lowest BCUT2D eigenvalue weighted by molar-refractivity contribution is -0.391. The van der Waals surface area contributed by atoms with Crippen molar-refractivity contribution in [2.75, 3.05) is 13.1 Å². The fraction of sp³-hybridized carbons (Fsp3) is 0.538. The van der Waals surface area contributed by atoms with E-state index in [4.69, 9.17) is 0 Å². The Balaban J connectivity index is 1.97. The van der Waals surface area contributed by atoms with E-state index in [0.717, 1.165) is 31.5 Å². The zero-order chi connectivity index (χ0) is 15.3. The highest BCUT2D eigenvalue weighted by Gasteiger charge is 2.66. The Hall–Kier alpha value is -1.02. The van der Waals surface area contributed by atoms with Crippen LogP contribution in [0.25, 0.3) is 0 Å². The first-order valence-corrected chi connectivity index (χ1v) is 7.27. The maximum Gasteiger partial charge on any atom is 0.507 e. The van der Waals surface area contributed by atoms with Crippen molar-refractivity contribution in [3.63, 3.8) is 0 Å². The Morgan fingerprint density at radius 3 is 2.10 bits per heavy atom. The minimum absolute atomic E-state index is 0.158. The second-order valence-corrected chi connectivity index (χ2v) is 5.94. The summed E-state index contributed by atoms with van der Waals surface area (Å²) in [6, 6.07) is 2.62. The van der Waals surface area contributed by atoms with Crippen LogP contribution in [0.2, 0.25) is 0 Å². The lowest BCUT2D eigenvalue weighted by atomic mass is 9.90. The van der Waals surface area contributed by atoms with Crippen LogP contribution in [0.4, 0.5) is 17.6 Å². The molecular formula is C13H12BrF4NO2. The van der Waals surface area contributed by atoms with Crippen LogP contribution in [0, 0.1) is 0 Å². The number of hydrogen-bond acceptors (Lipinski definition) is 3. The third-order valence-electron chi connectivity index (χ3n) is 3.66. The summed E-state index contributed by atoms with van der Waals surface area (Å²) in [5, 5.41) is 3.20. The number of rotatable bonds is 1. The third kappa shape index (κ3) is 2.59. The molecule has 0 aliphatic carbocycles. The molecule has 0 spiro atoms. The van der Waals surface area contributed by atoms with Crippen molar-refractivity contribution >= 4 is 15.9 Å². The molecule has 0 bridgehead atoms. The van der Waals surface area contributed by atoms with Crippen molar-refractivity contribution in [3.8, 4) is 11.5 Å². The molecular weight excluding hydrogens is 358 g/mol. The van der Waals surface area contributed by atoms with Gasteiger partial charge in [0, 0.05) is 4.47 Å². The van der Waals surface area contributed by atoms with Gasteiger partial charge in [-0.2, -0.15) is 17.6 Å². The normalized spacial score (nSPS) is 23.9. The monoisotopic (exact) mass is 369 g/mol. The zero-order valence-corrected chi connectivity index (χ0v) is 12.4. The molecule has 1 N–H and O–H groups in total. The Labute approximate surface area is 126 Å². The van der Waals surface area contributed by atoms with E-state index in [1.807, 2.05) is 0 Å². The fourth-order valence-electron chi connectivity index (χ4n) is 2.55. The van der Waals surface area contributed by atoms with Crippen LogP contribution in [0.15, 0.2) is 16.6 Å².